The second-order valence-corrected chi connectivity index (χ2v) is 8.18. The summed E-state index contributed by atoms with van der Waals surface area (Å²) in [6.45, 7) is 3.66. The zero-order valence-corrected chi connectivity index (χ0v) is 16.6. The number of amides is 1. The molecule has 3 heterocycles. The van der Waals surface area contributed by atoms with E-state index in [2.05, 4.69) is 20.2 Å². The number of anilines is 2. The Hall–Kier alpha value is -2.50. The highest BCUT2D eigenvalue weighted by Crippen LogP contribution is 2.30. The summed E-state index contributed by atoms with van der Waals surface area (Å²) < 4.78 is 0. The van der Waals surface area contributed by atoms with Crippen molar-refractivity contribution in [2.75, 3.05) is 18.4 Å². The molecule has 2 aliphatic rings. The van der Waals surface area contributed by atoms with Crippen LogP contribution in [0.15, 0.2) is 30.6 Å². The van der Waals surface area contributed by atoms with E-state index in [0.29, 0.717) is 17.8 Å². The maximum absolute atomic E-state index is 12.7. The Kier molecular flexibility index (Phi) is 5.84. The van der Waals surface area contributed by atoms with Crippen LogP contribution in [0.4, 0.5) is 11.8 Å². The molecule has 1 amide bonds. The molecule has 1 aliphatic carbocycles. The van der Waals surface area contributed by atoms with Gasteiger partial charge < -0.3 is 10.2 Å². The van der Waals surface area contributed by atoms with Gasteiger partial charge in [-0.05, 0) is 56.2 Å². The van der Waals surface area contributed by atoms with E-state index in [1.807, 2.05) is 31.3 Å². The Morgan fingerprint density at radius 3 is 2.79 bits per heavy atom. The van der Waals surface area contributed by atoms with Crippen LogP contribution in [0.2, 0.25) is 0 Å². The lowest BCUT2D eigenvalue weighted by molar-refractivity contribution is -0.133. The van der Waals surface area contributed by atoms with Gasteiger partial charge in [0.15, 0.2) is 0 Å². The molecule has 2 aromatic rings. The van der Waals surface area contributed by atoms with E-state index < -0.39 is 0 Å². The average Bonchev–Trinajstić information content (AvgIpc) is 3.23. The SMILES string of the molecule is Cc1ccc(Nc2nccc([C@@H]3CCCN(C(=O)CC4CCCC4)C3)n2)nc1. The first-order valence-corrected chi connectivity index (χ1v) is 10.5. The van der Waals surface area contributed by atoms with Crippen LogP contribution in [-0.4, -0.2) is 38.8 Å². The van der Waals surface area contributed by atoms with Gasteiger partial charge in [-0.15, -0.1) is 0 Å². The van der Waals surface area contributed by atoms with Gasteiger partial charge in [-0.3, -0.25) is 4.79 Å². The fourth-order valence-electron chi connectivity index (χ4n) is 4.35. The summed E-state index contributed by atoms with van der Waals surface area (Å²) in [7, 11) is 0. The third-order valence-electron chi connectivity index (χ3n) is 5.96. The number of carbonyl (C=O) groups excluding carboxylic acids is 1. The maximum atomic E-state index is 12.7. The number of piperidine rings is 1. The van der Waals surface area contributed by atoms with Crippen molar-refractivity contribution in [3.63, 3.8) is 0 Å². The summed E-state index contributed by atoms with van der Waals surface area (Å²) in [6, 6.07) is 5.91. The first-order chi connectivity index (χ1) is 13.7. The summed E-state index contributed by atoms with van der Waals surface area (Å²) in [5, 5.41) is 3.18. The lowest BCUT2D eigenvalue weighted by Gasteiger charge is -2.33. The third kappa shape index (κ3) is 4.66. The minimum Gasteiger partial charge on any atom is -0.342 e. The Morgan fingerprint density at radius 1 is 1.14 bits per heavy atom. The lowest BCUT2D eigenvalue weighted by Crippen LogP contribution is -2.39. The average molecular weight is 380 g/mol. The van der Waals surface area contributed by atoms with Crippen LogP contribution < -0.4 is 5.32 Å². The van der Waals surface area contributed by atoms with Gasteiger partial charge in [-0.25, -0.2) is 15.0 Å². The van der Waals surface area contributed by atoms with Crippen molar-refractivity contribution in [2.24, 2.45) is 5.92 Å². The molecule has 1 saturated heterocycles. The van der Waals surface area contributed by atoms with E-state index in [0.717, 1.165) is 49.4 Å². The Bertz CT molecular complexity index is 801. The van der Waals surface area contributed by atoms with E-state index in [-0.39, 0.29) is 5.92 Å². The summed E-state index contributed by atoms with van der Waals surface area (Å²) >= 11 is 0. The number of rotatable bonds is 5. The number of likely N-dealkylation sites (tertiary alicyclic amines) is 1. The summed E-state index contributed by atoms with van der Waals surface area (Å²) in [4.78, 5) is 28.2. The van der Waals surface area contributed by atoms with Gasteiger partial charge in [0, 0.05) is 37.8 Å². The number of aromatic nitrogens is 3. The van der Waals surface area contributed by atoms with Gasteiger partial charge >= 0.3 is 0 Å². The van der Waals surface area contributed by atoms with Crippen molar-refractivity contribution in [1.82, 2.24) is 19.9 Å². The predicted molar refractivity (Wildman–Crippen MR) is 109 cm³/mol. The molecule has 0 aromatic carbocycles. The second kappa shape index (κ2) is 8.67. The molecule has 4 rings (SSSR count). The summed E-state index contributed by atoms with van der Waals surface area (Å²) in [6.07, 6.45) is 11.4. The van der Waals surface area contributed by atoms with Crippen molar-refractivity contribution in [2.45, 2.75) is 57.8 Å². The molecule has 0 unspecified atom stereocenters. The Morgan fingerprint density at radius 2 is 2.00 bits per heavy atom. The number of aryl methyl sites for hydroxylation is 1. The number of hydrogen-bond donors (Lipinski definition) is 1. The van der Waals surface area contributed by atoms with Crippen LogP contribution in [0, 0.1) is 12.8 Å². The molecular weight excluding hydrogens is 350 g/mol. The lowest BCUT2D eigenvalue weighted by atomic mass is 9.93. The number of nitrogens with one attached hydrogen (secondary N) is 1. The van der Waals surface area contributed by atoms with E-state index in [1.165, 1.54) is 25.7 Å². The molecule has 2 aromatic heterocycles. The molecule has 1 N–H and O–H groups in total. The molecule has 1 saturated carbocycles. The van der Waals surface area contributed by atoms with E-state index in [1.54, 1.807) is 6.20 Å². The largest absolute Gasteiger partial charge is 0.342 e. The molecule has 0 bridgehead atoms. The predicted octanol–water partition coefficient (Wildman–Crippen LogP) is 4.21. The molecule has 0 spiro atoms. The van der Waals surface area contributed by atoms with Gasteiger partial charge in [-0.2, -0.15) is 0 Å². The molecule has 2 fully saturated rings. The number of pyridine rings is 1. The maximum Gasteiger partial charge on any atom is 0.228 e. The highest BCUT2D eigenvalue weighted by molar-refractivity contribution is 5.76. The topological polar surface area (TPSA) is 71.0 Å². The number of carbonyl (C=O) groups is 1. The van der Waals surface area contributed by atoms with Gasteiger partial charge in [0.25, 0.3) is 0 Å². The normalized spacial score (nSPS) is 20.3. The van der Waals surface area contributed by atoms with Crippen molar-refractivity contribution in [1.29, 1.82) is 0 Å². The molecule has 1 atom stereocenters. The Balaban J connectivity index is 1.40. The van der Waals surface area contributed by atoms with E-state index >= 15 is 0 Å². The molecular formula is C22H29N5O. The molecule has 1 aliphatic heterocycles. The third-order valence-corrected chi connectivity index (χ3v) is 5.96. The first-order valence-electron chi connectivity index (χ1n) is 10.5. The van der Waals surface area contributed by atoms with Crippen LogP contribution in [0.5, 0.6) is 0 Å². The summed E-state index contributed by atoms with van der Waals surface area (Å²) in [5.41, 5.74) is 2.12. The molecule has 28 heavy (non-hydrogen) atoms. The van der Waals surface area contributed by atoms with Gasteiger partial charge in [0.05, 0.1) is 5.69 Å². The van der Waals surface area contributed by atoms with Crippen molar-refractivity contribution in [3.8, 4) is 0 Å². The number of hydrogen-bond acceptors (Lipinski definition) is 5. The van der Waals surface area contributed by atoms with Crippen molar-refractivity contribution in [3.05, 3.63) is 41.9 Å². The fraction of sp³-hybridized carbons (Fsp3) is 0.545. The van der Waals surface area contributed by atoms with E-state index in [4.69, 9.17) is 4.98 Å². The van der Waals surface area contributed by atoms with Gasteiger partial charge in [0.2, 0.25) is 11.9 Å². The van der Waals surface area contributed by atoms with Gasteiger partial charge in [0.1, 0.15) is 5.82 Å². The quantitative estimate of drug-likeness (QED) is 0.843. The summed E-state index contributed by atoms with van der Waals surface area (Å²) in [5.74, 6) is 2.50. The highest BCUT2D eigenvalue weighted by atomic mass is 16.2. The van der Waals surface area contributed by atoms with E-state index in [9.17, 15) is 4.79 Å². The minimum atomic E-state index is 0.274. The molecule has 0 radical (unpaired) electrons. The standard InChI is InChI=1S/C22H29N5O/c1-16-8-9-20(24-14-16)26-22-23-11-10-19(25-22)18-7-4-12-27(15-18)21(28)13-17-5-2-3-6-17/h8-11,14,17-18H,2-7,12-13,15H2,1H3,(H,23,24,25,26)/t18-/m1/s1. The van der Waals surface area contributed by atoms with Crippen LogP contribution in [0.3, 0.4) is 0 Å². The number of nitrogens with zero attached hydrogens (tertiary/aromatic N) is 4. The van der Waals surface area contributed by atoms with Gasteiger partial charge in [-0.1, -0.05) is 18.9 Å². The van der Waals surface area contributed by atoms with Crippen LogP contribution >= 0.6 is 0 Å². The van der Waals surface area contributed by atoms with Crippen LogP contribution in [-0.2, 0) is 4.79 Å². The first kappa shape index (κ1) is 18.8. The minimum absolute atomic E-state index is 0.274. The zero-order valence-electron chi connectivity index (χ0n) is 16.6. The van der Waals surface area contributed by atoms with Crippen LogP contribution in [0.1, 0.15) is 62.1 Å². The monoisotopic (exact) mass is 379 g/mol. The highest BCUT2D eigenvalue weighted by Gasteiger charge is 2.28. The smallest absolute Gasteiger partial charge is 0.228 e. The molecule has 148 valence electrons. The molecule has 6 heteroatoms. The zero-order chi connectivity index (χ0) is 19.3. The Labute approximate surface area is 166 Å². The fourth-order valence-corrected chi connectivity index (χ4v) is 4.35. The second-order valence-electron chi connectivity index (χ2n) is 8.18. The van der Waals surface area contributed by atoms with Crippen molar-refractivity contribution < 1.29 is 4.79 Å². The van der Waals surface area contributed by atoms with Crippen LogP contribution in [0.25, 0.3) is 0 Å². The molecule has 6 nitrogen and oxygen atoms in total. The van der Waals surface area contributed by atoms with Crippen molar-refractivity contribution >= 4 is 17.7 Å².